The molecule has 9 heteroatoms. The SMILES string of the molecule is Cc1nn2c(C(C)(C)C)nn(C)c2c1/N=N/c1ncns1. The highest BCUT2D eigenvalue weighted by atomic mass is 32.1. The Morgan fingerprint density at radius 1 is 1.19 bits per heavy atom. The molecule has 0 atom stereocenters. The zero-order chi connectivity index (χ0) is 15.2. The standard InChI is InChI=1S/C12H16N8S/c1-7-8(15-16-11-13-6-14-21-11)9-19(5)18-10(12(2,3)4)20(9)17-7/h6H,1-5H3/b16-15+. The summed E-state index contributed by atoms with van der Waals surface area (Å²) in [4.78, 5) is 3.99. The van der Waals surface area contributed by atoms with Crippen molar-refractivity contribution in [2.24, 2.45) is 17.3 Å². The van der Waals surface area contributed by atoms with Gasteiger partial charge in [-0.3, -0.25) is 0 Å². The van der Waals surface area contributed by atoms with Crippen LogP contribution in [0.1, 0.15) is 32.3 Å². The van der Waals surface area contributed by atoms with Gasteiger partial charge >= 0.3 is 0 Å². The summed E-state index contributed by atoms with van der Waals surface area (Å²) in [5.74, 6) is 0.889. The van der Waals surface area contributed by atoms with Crippen LogP contribution in [0.3, 0.4) is 0 Å². The van der Waals surface area contributed by atoms with E-state index in [0.717, 1.165) is 17.2 Å². The van der Waals surface area contributed by atoms with Crippen LogP contribution in [-0.4, -0.2) is 28.8 Å². The molecule has 3 heterocycles. The lowest BCUT2D eigenvalue weighted by molar-refractivity contribution is 0.520. The van der Waals surface area contributed by atoms with E-state index in [9.17, 15) is 0 Å². The van der Waals surface area contributed by atoms with Crippen molar-refractivity contribution in [1.29, 1.82) is 0 Å². The molecule has 0 bridgehead atoms. The van der Waals surface area contributed by atoms with Gasteiger partial charge in [0.2, 0.25) is 5.13 Å². The monoisotopic (exact) mass is 304 g/mol. The van der Waals surface area contributed by atoms with Gasteiger partial charge < -0.3 is 0 Å². The molecule has 0 amide bonds. The quantitative estimate of drug-likeness (QED) is 0.681. The molecule has 0 aliphatic carbocycles. The first-order valence-corrected chi connectivity index (χ1v) is 7.26. The van der Waals surface area contributed by atoms with E-state index in [2.05, 4.69) is 50.6 Å². The molecule has 3 aromatic heterocycles. The zero-order valence-electron chi connectivity index (χ0n) is 12.6. The molecular weight excluding hydrogens is 288 g/mol. The van der Waals surface area contributed by atoms with Gasteiger partial charge in [0, 0.05) is 24.0 Å². The molecule has 0 saturated carbocycles. The van der Waals surface area contributed by atoms with E-state index in [0.29, 0.717) is 10.8 Å². The summed E-state index contributed by atoms with van der Waals surface area (Å²) >= 11 is 1.20. The molecule has 0 spiro atoms. The lowest BCUT2D eigenvalue weighted by Crippen LogP contribution is -2.16. The van der Waals surface area contributed by atoms with E-state index in [4.69, 9.17) is 0 Å². The molecule has 21 heavy (non-hydrogen) atoms. The van der Waals surface area contributed by atoms with Crippen LogP contribution in [0.5, 0.6) is 0 Å². The Labute approximate surface area is 125 Å². The van der Waals surface area contributed by atoms with Crippen molar-refractivity contribution >= 4 is 28.0 Å². The molecule has 0 radical (unpaired) electrons. The smallest absolute Gasteiger partial charge is 0.247 e. The van der Waals surface area contributed by atoms with E-state index >= 15 is 0 Å². The summed E-state index contributed by atoms with van der Waals surface area (Å²) in [5.41, 5.74) is 2.23. The average Bonchev–Trinajstić information content (AvgIpc) is 3.05. The predicted molar refractivity (Wildman–Crippen MR) is 79.5 cm³/mol. The van der Waals surface area contributed by atoms with Gasteiger partial charge in [0.25, 0.3) is 0 Å². The fraction of sp³-hybridized carbons (Fsp3) is 0.500. The first-order chi connectivity index (χ1) is 9.88. The van der Waals surface area contributed by atoms with Gasteiger partial charge in [-0.05, 0) is 6.92 Å². The van der Waals surface area contributed by atoms with Crippen LogP contribution in [0.2, 0.25) is 0 Å². The molecule has 8 nitrogen and oxygen atoms in total. The number of fused-ring (bicyclic) bond motifs is 1. The Kier molecular flexibility index (Phi) is 3.08. The van der Waals surface area contributed by atoms with E-state index in [1.54, 1.807) is 4.68 Å². The van der Waals surface area contributed by atoms with Crippen LogP contribution in [0.25, 0.3) is 5.65 Å². The Morgan fingerprint density at radius 2 is 1.95 bits per heavy atom. The second-order valence-electron chi connectivity index (χ2n) is 5.79. The number of aryl methyl sites for hydroxylation is 2. The van der Waals surface area contributed by atoms with Crippen molar-refractivity contribution in [2.45, 2.75) is 33.1 Å². The second kappa shape index (κ2) is 4.69. The van der Waals surface area contributed by atoms with Crippen LogP contribution in [-0.2, 0) is 12.5 Å². The molecule has 3 rings (SSSR count). The van der Waals surface area contributed by atoms with Crippen molar-refractivity contribution in [3.8, 4) is 0 Å². The lowest BCUT2D eigenvalue weighted by atomic mass is 9.96. The van der Waals surface area contributed by atoms with Crippen LogP contribution in [0.15, 0.2) is 16.6 Å². The molecule has 110 valence electrons. The normalized spacial score (nSPS) is 12.8. The van der Waals surface area contributed by atoms with Gasteiger partial charge in [-0.1, -0.05) is 20.8 Å². The number of rotatable bonds is 2. The first kappa shape index (κ1) is 13.8. The first-order valence-electron chi connectivity index (χ1n) is 6.49. The van der Waals surface area contributed by atoms with Gasteiger partial charge in [0.15, 0.2) is 17.2 Å². The average molecular weight is 304 g/mol. The topological polar surface area (TPSA) is 85.6 Å². The van der Waals surface area contributed by atoms with E-state index < -0.39 is 0 Å². The molecule has 0 saturated heterocycles. The Bertz CT molecular complexity index is 803. The van der Waals surface area contributed by atoms with Crippen molar-refractivity contribution in [1.82, 2.24) is 28.8 Å². The minimum absolute atomic E-state index is 0.106. The Hall–Kier alpha value is -2.16. The van der Waals surface area contributed by atoms with Crippen molar-refractivity contribution in [3.05, 3.63) is 17.8 Å². The molecule has 0 aliphatic rings. The van der Waals surface area contributed by atoms with Crippen molar-refractivity contribution in [3.63, 3.8) is 0 Å². The van der Waals surface area contributed by atoms with Crippen LogP contribution in [0.4, 0.5) is 10.8 Å². The minimum Gasteiger partial charge on any atom is -0.247 e. The highest BCUT2D eigenvalue weighted by Gasteiger charge is 2.25. The second-order valence-corrected chi connectivity index (χ2v) is 6.55. The summed E-state index contributed by atoms with van der Waals surface area (Å²) in [7, 11) is 1.88. The fourth-order valence-corrected chi connectivity index (χ4v) is 2.43. The number of azo groups is 1. The highest BCUT2D eigenvalue weighted by molar-refractivity contribution is 7.09. The molecule has 0 unspecified atom stereocenters. The summed E-state index contributed by atoms with van der Waals surface area (Å²) < 4.78 is 7.52. The molecule has 0 N–H and O–H groups in total. The third kappa shape index (κ3) is 2.33. The van der Waals surface area contributed by atoms with Crippen molar-refractivity contribution < 1.29 is 0 Å². The van der Waals surface area contributed by atoms with Gasteiger partial charge in [0.1, 0.15) is 6.33 Å². The summed E-state index contributed by atoms with van der Waals surface area (Å²) in [5, 5.41) is 18.0. The van der Waals surface area contributed by atoms with Gasteiger partial charge in [0.05, 0.1) is 5.69 Å². The highest BCUT2D eigenvalue weighted by Crippen LogP contribution is 2.30. The van der Waals surface area contributed by atoms with E-state index in [-0.39, 0.29) is 5.41 Å². The summed E-state index contributed by atoms with van der Waals surface area (Å²) in [6.45, 7) is 8.23. The van der Waals surface area contributed by atoms with Gasteiger partial charge in [-0.15, -0.1) is 10.2 Å². The summed E-state index contributed by atoms with van der Waals surface area (Å²) in [6.07, 6.45) is 1.46. The number of hydrogen-bond acceptors (Lipinski definition) is 7. The molecule has 3 aromatic rings. The maximum Gasteiger partial charge on any atom is 0.249 e. The number of nitrogens with zero attached hydrogens (tertiary/aromatic N) is 8. The molecule has 0 aliphatic heterocycles. The third-order valence-electron chi connectivity index (χ3n) is 3.01. The maximum atomic E-state index is 4.56. The molecule has 0 fully saturated rings. The number of aromatic nitrogens is 6. The summed E-state index contributed by atoms with van der Waals surface area (Å²) in [6, 6.07) is 0. The zero-order valence-corrected chi connectivity index (χ0v) is 13.4. The van der Waals surface area contributed by atoms with Gasteiger partial charge in [-0.2, -0.15) is 19.1 Å². The van der Waals surface area contributed by atoms with Crippen LogP contribution in [0, 0.1) is 6.92 Å². The lowest BCUT2D eigenvalue weighted by Gasteiger charge is -2.14. The van der Waals surface area contributed by atoms with Crippen molar-refractivity contribution in [2.75, 3.05) is 0 Å². The maximum absolute atomic E-state index is 4.56. The fourth-order valence-electron chi connectivity index (χ4n) is 2.07. The Morgan fingerprint density at radius 3 is 2.57 bits per heavy atom. The Balaban J connectivity index is 2.16. The predicted octanol–water partition coefficient (Wildman–Crippen LogP) is 2.94. The van der Waals surface area contributed by atoms with Crippen LogP contribution >= 0.6 is 11.5 Å². The molecular formula is C12H16N8S. The molecule has 0 aromatic carbocycles. The largest absolute Gasteiger partial charge is 0.249 e. The number of hydrogen-bond donors (Lipinski definition) is 0. The third-order valence-corrected chi connectivity index (χ3v) is 3.56. The van der Waals surface area contributed by atoms with E-state index in [1.165, 1.54) is 17.9 Å². The van der Waals surface area contributed by atoms with E-state index in [1.807, 2.05) is 18.5 Å². The van der Waals surface area contributed by atoms with Crippen LogP contribution < -0.4 is 0 Å². The minimum atomic E-state index is -0.106. The van der Waals surface area contributed by atoms with Gasteiger partial charge in [-0.25, -0.2) is 9.67 Å².